The van der Waals surface area contributed by atoms with E-state index in [1.807, 2.05) is 20.8 Å². The number of alkyl carbamates (subject to hydrolysis) is 1. The van der Waals surface area contributed by atoms with Crippen molar-refractivity contribution in [2.24, 2.45) is 22.7 Å². The zero-order valence-electron chi connectivity index (χ0n) is 37.2. The van der Waals surface area contributed by atoms with Gasteiger partial charge in [0.15, 0.2) is 18.0 Å². The van der Waals surface area contributed by atoms with E-state index in [9.17, 15) is 29.1 Å². The van der Waals surface area contributed by atoms with Crippen molar-refractivity contribution < 1.29 is 67.0 Å². The summed E-state index contributed by atoms with van der Waals surface area (Å²) in [6.45, 7) is 22.3. The molecule has 2 heterocycles. The van der Waals surface area contributed by atoms with Crippen LogP contribution in [0.5, 0.6) is 0 Å². The zero-order chi connectivity index (χ0) is 45.0. The third-order valence-electron chi connectivity index (χ3n) is 13.1. The first-order valence-corrected chi connectivity index (χ1v) is 21.2. The van der Waals surface area contributed by atoms with Crippen LogP contribution in [0, 0.1) is 22.7 Å². The molecular weight excluding hydrogens is 790 g/mol. The minimum Gasteiger partial charge on any atom is -0.458 e. The molecule has 5 aliphatic rings. The molecule has 2 saturated carbocycles. The van der Waals surface area contributed by atoms with Crippen LogP contribution < -0.4 is 5.32 Å². The number of nitrogens with one attached hydrogen (secondary N) is 1. The summed E-state index contributed by atoms with van der Waals surface area (Å²) in [6.07, 6.45) is -6.13. The monoisotopic (exact) mass is 853 g/mol. The quantitative estimate of drug-likeness (QED) is 0.144. The summed E-state index contributed by atoms with van der Waals surface area (Å²) in [6, 6.07) is 7.70. The maximum atomic E-state index is 14.6. The summed E-state index contributed by atoms with van der Waals surface area (Å²) in [7, 11) is 0. The van der Waals surface area contributed by atoms with Crippen LogP contribution in [0.15, 0.2) is 54.1 Å². The first-order valence-electron chi connectivity index (χ1n) is 21.2. The van der Waals surface area contributed by atoms with Crippen molar-refractivity contribution in [1.82, 2.24) is 5.32 Å². The molecule has 0 radical (unpaired) electrons. The van der Waals surface area contributed by atoms with Crippen molar-refractivity contribution in [3.63, 3.8) is 0 Å². The molecule has 0 spiro atoms. The van der Waals surface area contributed by atoms with E-state index in [1.165, 1.54) is 19.9 Å². The van der Waals surface area contributed by atoms with Gasteiger partial charge in [0.05, 0.1) is 41.6 Å². The maximum absolute atomic E-state index is 14.6. The lowest BCUT2D eigenvalue weighted by Crippen LogP contribution is -2.80. The van der Waals surface area contributed by atoms with Gasteiger partial charge in [0, 0.05) is 38.1 Å². The standard InChI is InChI=1S/C46H63NO14/c1-13-34-57-31-21-32-46(23-54-32,60-27(6)49)37-39(59-40(51)28-17-15-14-16-18-28)45(43(10,11)53)22-30(25(4)35(45)36(55-26(5)48)38(58-34)44(31,37)12)56-33(50)20-29(19-24(2)3)47-41(52)61-42(7,8)9/h13-18,24,29-32,34,36-39,53H,1,19-23H2,2-12H3,(H,47,52)/t29-,30-,31-,32+,34-,36+,37-,38+,39-,44+,45-,46-/m0/s1. The molecule has 12 atom stereocenters. The Balaban J connectivity index is 1.56. The van der Waals surface area contributed by atoms with Gasteiger partial charge in [0.25, 0.3) is 0 Å². The fraction of sp³-hybridized carbons (Fsp3) is 0.674. The highest BCUT2D eigenvalue weighted by molar-refractivity contribution is 5.89. The summed E-state index contributed by atoms with van der Waals surface area (Å²) >= 11 is 0. The third kappa shape index (κ3) is 8.47. The smallest absolute Gasteiger partial charge is 0.407 e. The van der Waals surface area contributed by atoms with Gasteiger partial charge in [-0.2, -0.15) is 0 Å². The van der Waals surface area contributed by atoms with Crippen molar-refractivity contribution in [3.05, 3.63) is 59.7 Å². The second-order valence-electron chi connectivity index (χ2n) is 19.4. The molecule has 2 N–H and O–H groups in total. The molecule has 1 amide bonds. The number of rotatable bonds is 12. The van der Waals surface area contributed by atoms with E-state index < -0.39 is 112 Å². The Morgan fingerprint density at radius 3 is 2.20 bits per heavy atom. The van der Waals surface area contributed by atoms with Crippen molar-refractivity contribution in [2.45, 2.75) is 168 Å². The van der Waals surface area contributed by atoms with E-state index in [1.54, 1.807) is 71.9 Å². The first kappa shape index (κ1) is 46.2. The van der Waals surface area contributed by atoms with Gasteiger partial charge in [-0.3, -0.25) is 14.4 Å². The molecule has 0 unspecified atom stereocenters. The number of ether oxygens (including phenoxy) is 8. The lowest BCUT2D eigenvalue weighted by molar-refractivity contribution is -0.392. The number of aliphatic hydroxyl groups is 1. The molecule has 3 aliphatic carbocycles. The lowest BCUT2D eigenvalue weighted by atomic mass is 9.49. The fourth-order valence-corrected chi connectivity index (χ4v) is 10.9. The minimum atomic E-state index is -1.84. The van der Waals surface area contributed by atoms with Gasteiger partial charge in [-0.15, -0.1) is 0 Å². The lowest BCUT2D eigenvalue weighted by Gasteiger charge is -2.67. The number of carbonyl (C=O) groups excluding carboxylic acids is 5. The normalized spacial score (nSPS) is 34.6. The zero-order valence-corrected chi connectivity index (χ0v) is 37.2. The molecule has 4 fully saturated rings. The number of hydrogen-bond acceptors (Lipinski definition) is 14. The topological polar surface area (TPSA) is 191 Å². The van der Waals surface area contributed by atoms with Crippen molar-refractivity contribution >= 4 is 30.0 Å². The first-order chi connectivity index (χ1) is 28.4. The number of hydrogen-bond donors (Lipinski definition) is 2. The van der Waals surface area contributed by atoms with E-state index in [4.69, 9.17) is 37.9 Å². The number of carbonyl (C=O) groups is 5. The third-order valence-corrected chi connectivity index (χ3v) is 13.1. The van der Waals surface area contributed by atoms with Crippen molar-refractivity contribution in [2.75, 3.05) is 6.61 Å². The Bertz CT molecular complexity index is 1920. The number of benzene rings is 1. The second-order valence-corrected chi connectivity index (χ2v) is 19.4. The SMILES string of the molecule is C=C[C@H]1O[C@H]2C[C@H]3OC[C@@]3(OC(C)=O)[C@H]3[C@H](OC(=O)c4ccccc4)[C@]4(C(C)(C)O)C[C@H](OC(=O)C[C@H](CC(C)C)NC(=O)OC(C)(C)C)C(C)=C4[C@@H](OC(C)=O)[C@@H](O1)[C@]23C. The van der Waals surface area contributed by atoms with Crippen molar-refractivity contribution in [1.29, 1.82) is 0 Å². The van der Waals surface area contributed by atoms with Gasteiger partial charge in [-0.05, 0) is 83.2 Å². The van der Waals surface area contributed by atoms with E-state index in [-0.39, 0.29) is 37.4 Å². The highest BCUT2D eigenvalue weighted by Gasteiger charge is 2.81. The predicted octanol–water partition coefficient (Wildman–Crippen LogP) is 5.90. The summed E-state index contributed by atoms with van der Waals surface area (Å²) in [5.41, 5.74) is -6.05. The van der Waals surface area contributed by atoms with Gasteiger partial charge in [0.1, 0.15) is 30.0 Å². The van der Waals surface area contributed by atoms with Crippen molar-refractivity contribution in [3.8, 4) is 0 Å². The summed E-state index contributed by atoms with van der Waals surface area (Å²) in [5.74, 6) is -3.62. The summed E-state index contributed by atoms with van der Waals surface area (Å²) < 4.78 is 50.8. The van der Waals surface area contributed by atoms with Crippen LogP contribution in [0.3, 0.4) is 0 Å². The molecule has 2 aliphatic heterocycles. The van der Waals surface area contributed by atoms with Gasteiger partial charge in [-0.1, -0.05) is 45.5 Å². The highest BCUT2D eigenvalue weighted by atomic mass is 16.7. The van der Waals surface area contributed by atoms with Crippen LogP contribution in [0.1, 0.15) is 112 Å². The van der Waals surface area contributed by atoms with Gasteiger partial charge < -0.3 is 48.3 Å². The Labute approximate surface area is 358 Å². The Hall–Kier alpha value is -4.31. The molecule has 0 bridgehead atoms. The molecule has 336 valence electrons. The largest absolute Gasteiger partial charge is 0.458 e. The molecule has 0 aromatic heterocycles. The van der Waals surface area contributed by atoms with E-state index in [0.29, 0.717) is 17.6 Å². The summed E-state index contributed by atoms with van der Waals surface area (Å²) in [5, 5.41) is 15.7. The van der Waals surface area contributed by atoms with Crippen LogP contribution in [0.2, 0.25) is 0 Å². The van der Waals surface area contributed by atoms with Crippen LogP contribution >= 0.6 is 0 Å². The molecule has 15 heteroatoms. The molecule has 15 nitrogen and oxygen atoms in total. The highest BCUT2D eigenvalue weighted by Crippen LogP contribution is 2.70. The number of amides is 1. The number of fused-ring (bicyclic) bond motifs is 3. The Morgan fingerprint density at radius 1 is 0.984 bits per heavy atom. The maximum Gasteiger partial charge on any atom is 0.407 e. The minimum absolute atomic E-state index is 0.0836. The molecule has 61 heavy (non-hydrogen) atoms. The Kier molecular flexibility index (Phi) is 12.7. The molecule has 1 aromatic rings. The average molecular weight is 854 g/mol. The average Bonchev–Trinajstić information content (AvgIpc) is 3.38. The van der Waals surface area contributed by atoms with Crippen LogP contribution in [-0.4, -0.2) is 107 Å². The summed E-state index contributed by atoms with van der Waals surface area (Å²) in [4.78, 5) is 68.2. The molecule has 2 saturated heterocycles. The van der Waals surface area contributed by atoms with Crippen LogP contribution in [0.4, 0.5) is 4.79 Å². The molecular formula is C46H63NO14. The van der Waals surface area contributed by atoms with E-state index in [0.717, 1.165) is 0 Å². The predicted molar refractivity (Wildman–Crippen MR) is 219 cm³/mol. The van der Waals surface area contributed by atoms with E-state index >= 15 is 0 Å². The molecule has 6 rings (SSSR count). The van der Waals surface area contributed by atoms with Crippen LogP contribution in [0.25, 0.3) is 0 Å². The van der Waals surface area contributed by atoms with Gasteiger partial charge in [-0.25, -0.2) is 9.59 Å². The molecule has 1 aromatic carbocycles. The van der Waals surface area contributed by atoms with Crippen LogP contribution in [-0.2, 0) is 52.3 Å². The van der Waals surface area contributed by atoms with Gasteiger partial charge in [0.2, 0.25) is 0 Å². The second kappa shape index (κ2) is 16.8. The number of esters is 4. The van der Waals surface area contributed by atoms with Gasteiger partial charge >= 0.3 is 30.0 Å². The Morgan fingerprint density at radius 2 is 1.66 bits per heavy atom. The van der Waals surface area contributed by atoms with E-state index in [2.05, 4.69) is 11.9 Å². The fourth-order valence-electron chi connectivity index (χ4n) is 10.9.